The van der Waals surface area contributed by atoms with Crippen molar-refractivity contribution in [3.05, 3.63) is 76.0 Å². The van der Waals surface area contributed by atoms with Gasteiger partial charge in [0, 0.05) is 10.2 Å². The van der Waals surface area contributed by atoms with Crippen molar-refractivity contribution in [2.45, 2.75) is 6.04 Å². The summed E-state index contributed by atoms with van der Waals surface area (Å²) in [6.07, 6.45) is 2.03. The van der Waals surface area contributed by atoms with Crippen LogP contribution in [0, 0.1) is 5.82 Å². The molecule has 0 radical (unpaired) electrons. The third-order valence-corrected chi connectivity index (χ3v) is 4.17. The highest BCUT2D eigenvalue weighted by molar-refractivity contribution is 9.10. The van der Waals surface area contributed by atoms with Gasteiger partial charge in [0.15, 0.2) is 0 Å². The number of hydrogen-bond acceptors (Lipinski definition) is 4. The Labute approximate surface area is 140 Å². The van der Waals surface area contributed by atoms with Gasteiger partial charge in [-0.2, -0.15) is 4.68 Å². The van der Waals surface area contributed by atoms with E-state index >= 15 is 0 Å². The van der Waals surface area contributed by atoms with Crippen LogP contribution in [0.2, 0.25) is 0 Å². The zero-order valence-electron chi connectivity index (χ0n) is 11.8. The van der Waals surface area contributed by atoms with Crippen LogP contribution in [-0.4, -0.2) is 20.2 Å². The molecule has 5 nitrogen and oxygen atoms in total. The van der Waals surface area contributed by atoms with Crippen LogP contribution in [0.25, 0.3) is 5.70 Å². The molecule has 0 spiro atoms. The molecule has 0 aliphatic carbocycles. The zero-order valence-corrected chi connectivity index (χ0v) is 13.4. The van der Waals surface area contributed by atoms with E-state index < -0.39 is 0 Å². The molecule has 3 aromatic rings. The Morgan fingerprint density at radius 2 is 1.96 bits per heavy atom. The lowest BCUT2D eigenvalue weighted by molar-refractivity contribution is 0.585. The first-order chi connectivity index (χ1) is 11.2. The first kappa shape index (κ1) is 14.1. The third-order valence-electron chi connectivity index (χ3n) is 3.67. The number of allylic oxidation sites excluding steroid dienone is 1. The third kappa shape index (κ3) is 2.63. The normalized spacial score (nSPS) is 16.4. The number of benzene rings is 2. The number of tetrazole rings is 1. The minimum absolute atomic E-state index is 0.140. The molecular formula is C16H11BrFN5. The number of halogens is 2. The lowest BCUT2D eigenvalue weighted by atomic mass is 10.0. The molecule has 0 saturated carbocycles. The number of nitrogens with zero attached hydrogens (tertiary/aromatic N) is 4. The second kappa shape index (κ2) is 5.58. The highest BCUT2D eigenvalue weighted by atomic mass is 79.9. The van der Waals surface area contributed by atoms with Crippen molar-refractivity contribution in [1.82, 2.24) is 20.2 Å². The van der Waals surface area contributed by atoms with Gasteiger partial charge in [-0.3, -0.25) is 0 Å². The van der Waals surface area contributed by atoms with Gasteiger partial charge in [-0.1, -0.05) is 33.2 Å². The quantitative estimate of drug-likeness (QED) is 0.747. The van der Waals surface area contributed by atoms with Gasteiger partial charge in [0.25, 0.3) is 0 Å². The Hall–Kier alpha value is -2.54. The lowest BCUT2D eigenvalue weighted by Crippen LogP contribution is -2.20. The summed E-state index contributed by atoms with van der Waals surface area (Å²) in [6.45, 7) is 0. The Bertz CT molecular complexity index is 887. The van der Waals surface area contributed by atoms with Crippen LogP contribution in [0.3, 0.4) is 0 Å². The van der Waals surface area contributed by atoms with Crippen molar-refractivity contribution in [2.24, 2.45) is 0 Å². The monoisotopic (exact) mass is 371 g/mol. The van der Waals surface area contributed by atoms with E-state index in [1.165, 1.54) is 12.1 Å². The fourth-order valence-corrected chi connectivity index (χ4v) is 3.00. The Kier molecular flexibility index (Phi) is 3.42. The van der Waals surface area contributed by atoms with Gasteiger partial charge in [0.05, 0.1) is 0 Å². The summed E-state index contributed by atoms with van der Waals surface area (Å²) in [7, 11) is 0. The fraction of sp³-hybridized carbons (Fsp3) is 0.0625. The van der Waals surface area contributed by atoms with Crippen LogP contribution < -0.4 is 5.32 Å². The van der Waals surface area contributed by atoms with Gasteiger partial charge in [-0.05, 0) is 64.0 Å². The van der Waals surface area contributed by atoms with E-state index in [4.69, 9.17) is 0 Å². The van der Waals surface area contributed by atoms with Gasteiger partial charge in [0.1, 0.15) is 11.9 Å². The molecule has 0 amide bonds. The van der Waals surface area contributed by atoms with Gasteiger partial charge < -0.3 is 5.32 Å². The molecule has 2 aromatic carbocycles. The molecule has 114 valence electrons. The summed E-state index contributed by atoms with van der Waals surface area (Å²) in [6, 6.07) is 14.2. The summed E-state index contributed by atoms with van der Waals surface area (Å²) < 4.78 is 15.9. The number of fused-ring (bicyclic) bond motifs is 1. The van der Waals surface area contributed by atoms with E-state index in [0.717, 1.165) is 21.3 Å². The van der Waals surface area contributed by atoms with Crippen LogP contribution in [-0.2, 0) is 0 Å². The Morgan fingerprint density at radius 3 is 2.74 bits per heavy atom. The van der Waals surface area contributed by atoms with Crippen molar-refractivity contribution in [3.63, 3.8) is 0 Å². The minimum Gasteiger partial charge on any atom is -0.323 e. The highest BCUT2D eigenvalue weighted by Crippen LogP contribution is 2.32. The molecular weight excluding hydrogens is 361 g/mol. The molecule has 0 bridgehead atoms. The Morgan fingerprint density at radius 1 is 1.13 bits per heavy atom. The fourth-order valence-electron chi connectivity index (χ4n) is 2.58. The second-order valence-corrected chi connectivity index (χ2v) is 6.07. The number of anilines is 1. The average molecular weight is 372 g/mol. The highest BCUT2D eigenvalue weighted by Gasteiger charge is 2.24. The number of hydrogen-bond donors (Lipinski definition) is 1. The summed E-state index contributed by atoms with van der Waals surface area (Å²) in [5.74, 6) is 0.287. The molecule has 23 heavy (non-hydrogen) atoms. The maximum absolute atomic E-state index is 13.1. The summed E-state index contributed by atoms with van der Waals surface area (Å²) >= 11 is 3.49. The molecule has 2 heterocycles. The van der Waals surface area contributed by atoms with Crippen LogP contribution >= 0.6 is 15.9 Å². The van der Waals surface area contributed by atoms with E-state index in [0.29, 0.717) is 5.95 Å². The lowest BCUT2D eigenvalue weighted by Gasteiger charge is -2.23. The molecule has 1 atom stereocenters. The van der Waals surface area contributed by atoms with Crippen molar-refractivity contribution in [3.8, 4) is 0 Å². The average Bonchev–Trinajstić information content (AvgIpc) is 3.03. The molecule has 1 aliphatic heterocycles. The van der Waals surface area contributed by atoms with Crippen molar-refractivity contribution in [2.75, 3.05) is 5.32 Å². The van der Waals surface area contributed by atoms with E-state index in [1.807, 2.05) is 30.3 Å². The number of aromatic nitrogens is 4. The first-order valence-corrected chi connectivity index (χ1v) is 7.78. The maximum Gasteiger partial charge on any atom is 0.248 e. The van der Waals surface area contributed by atoms with E-state index in [1.54, 1.807) is 16.8 Å². The summed E-state index contributed by atoms with van der Waals surface area (Å²) in [5.41, 5.74) is 2.77. The molecule has 0 saturated heterocycles. The van der Waals surface area contributed by atoms with E-state index in [2.05, 4.69) is 36.8 Å². The molecule has 1 aliphatic rings. The molecule has 7 heteroatoms. The predicted octanol–water partition coefficient (Wildman–Crippen LogP) is 3.63. The van der Waals surface area contributed by atoms with Crippen LogP contribution in [0.4, 0.5) is 10.3 Å². The largest absolute Gasteiger partial charge is 0.323 e. The van der Waals surface area contributed by atoms with Crippen LogP contribution in [0.15, 0.2) is 59.1 Å². The van der Waals surface area contributed by atoms with E-state index in [9.17, 15) is 4.39 Å². The SMILES string of the molecule is Fc1ccc(C2=C[C@H](c3cccc(Br)c3)n3nnnc3N2)cc1. The first-order valence-electron chi connectivity index (χ1n) is 6.99. The van der Waals surface area contributed by atoms with Gasteiger partial charge in [-0.15, -0.1) is 0 Å². The van der Waals surface area contributed by atoms with Crippen LogP contribution in [0.1, 0.15) is 17.2 Å². The van der Waals surface area contributed by atoms with Crippen molar-refractivity contribution >= 4 is 27.6 Å². The van der Waals surface area contributed by atoms with Gasteiger partial charge in [0.2, 0.25) is 5.95 Å². The molecule has 4 rings (SSSR count). The number of nitrogens with one attached hydrogen (secondary N) is 1. The summed E-state index contributed by atoms with van der Waals surface area (Å²) in [4.78, 5) is 0. The van der Waals surface area contributed by atoms with E-state index in [-0.39, 0.29) is 11.9 Å². The van der Waals surface area contributed by atoms with Crippen molar-refractivity contribution in [1.29, 1.82) is 0 Å². The molecule has 1 aromatic heterocycles. The number of rotatable bonds is 2. The molecule has 0 unspecified atom stereocenters. The van der Waals surface area contributed by atoms with Crippen LogP contribution in [0.5, 0.6) is 0 Å². The predicted molar refractivity (Wildman–Crippen MR) is 88.1 cm³/mol. The summed E-state index contributed by atoms with van der Waals surface area (Å²) in [5, 5.41) is 15.0. The topological polar surface area (TPSA) is 55.6 Å². The molecule has 1 N–H and O–H groups in total. The van der Waals surface area contributed by atoms with Crippen molar-refractivity contribution < 1.29 is 4.39 Å². The van der Waals surface area contributed by atoms with Gasteiger partial charge >= 0.3 is 0 Å². The smallest absolute Gasteiger partial charge is 0.248 e. The Balaban J connectivity index is 1.81. The van der Waals surface area contributed by atoms with Gasteiger partial charge in [-0.25, -0.2) is 4.39 Å². The maximum atomic E-state index is 13.1. The zero-order chi connectivity index (χ0) is 15.8. The standard InChI is InChI=1S/C16H11BrFN5/c17-12-3-1-2-11(8-12)15-9-14(10-4-6-13(18)7-5-10)19-16-20-21-22-23(15)16/h1-9,15H,(H,19,20,22)/t15-/m1/s1. The minimum atomic E-state index is -0.265. The molecule has 0 fully saturated rings. The second-order valence-electron chi connectivity index (χ2n) is 5.16.